The minimum absolute atomic E-state index is 0.0625. The molecule has 1 aliphatic heterocycles. The molecule has 1 fully saturated rings. The number of rotatable bonds is 5. The third-order valence-corrected chi connectivity index (χ3v) is 3.64. The predicted molar refractivity (Wildman–Crippen MR) is 69.8 cm³/mol. The quantitative estimate of drug-likeness (QED) is 0.566. The number of carbonyl (C=O) groups is 3. The van der Waals surface area contributed by atoms with Gasteiger partial charge >= 0.3 is 23.5 Å². The van der Waals surface area contributed by atoms with Crippen LogP contribution in [0.2, 0.25) is 0 Å². The zero-order valence-electron chi connectivity index (χ0n) is 11.2. The van der Waals surface area contributed by atoms with Gasteiger partial charge in [0.15, 0.2) is 0 Å². The van der Waals surface area contributed by atoms with E-state index < -0.39 is 53.6 Å². The lowest BCUT2D eigenvalue weighted by Gasteiger charge is -2.19. The zero-order chi connectivity index (χ0) is 16.4. The molecule has 0 spiro atoms. The summed E-state index contributed by atoms with van der Waals surface area (Å²) in [5.41, 5.74) is -0.847. The lowest BCUT2D eigenvalue weighted by atomic mass is 9.83. The van der Waals surface area contributed by atoms with Crippen LogP contribution < -0.4 is 10.9 Å². The van der Waals surface area contributed by atoms with Crippen molar-refractivity contribution in [2.45, 2.75) is 18.4 Å². The van der Waals surface area contributed by atoms with Crippen LogP contribution in [0.15, 0.2) is 21.3 Å². The van der Waals surface area contributed by atoms with Crippen LogP contribution in [0.5, 0.6) is 0 Å². The highest BCUT2D eigenvalue weighted by Gasteiger charge is 2.43. The van der Waals surface area contributed by atoms with Crippen molar-refractivity contribution < 1.29 is 34.1 Å². The van der Waals surface area contributed by atoms with E-state index in [1.807, 2.05) is 0 Å². The van der Waals surface area contributed by atoms with E-state index in [9.17, 15) is 19.2 Å². The summed E-state index contributed by atoms with van der Waals surface area (Å²) in [7, 11) is 0. The second-order valence-electron chi connectivity index (χ2n) is 4.94. The van der Waals surface area contributed by atoms with E-state index in [-0.39, 0.29) is 12.1 Å². The minimum atomic E-state index is -1.40. The van der Waals surface area contributed by atoms with Crippen molar-refractivity contribution in [2.24, 2.45) is 5.92 Å². The number of carboxylic acids is 3. The Hall–Kier alpha value is -2.68. The fraction of sp³-hybridized carbons (Fsp3) is 0.385. The van der Waals surface area contributed by atoms with E-state index >= 15 is 0 Å². The van der Waals surface area contributed by atoms with Gasteiger partial charge in [-0.15, -0.1) is 0 Å². The lowest BCUT2D eigenvalue weighted by Crippen LogP contribution is -2.36. The van der Waals surface area contributed by atoms with E-state index in [2.05, 4.69) is 9.73 Å². The van der Waals surface area contributed by atoms with Gasteiger partial charge in [-0.3, -0.25) is 9.59 Å². The predicted octanol–water partition coefficient (Wildman–Crippen LogP) is -0.431. The average molecular weight is 311 g/mol. The molecule has 9 nitrogen and oxygen atoms in total. The monoisotopic (exact) mass is 311 g/mol. The summed E-state index contributed by atoms with van der Waals surface area (Å²) in [5, 5.41) is 29.5. The second-order valence-corrected chi connectivity index (χ2v) is 4.94. The van der Waals surface area contributed by atoms with Crippen LogP contribution in [0, 0.1) is 5.92 Å². The minimum Gasteiger partial charge on any atom is -0.481 e. The summed E-state index contributed by atoms with van der Waals surface area (Å²) in [6.45, 7) is 0.0894. The highest BCUT2D eigenvalue weighted by Crippen LogP contribution is 2.33. The molecule has 2 heterocycles. The molecule has 9 heteroatoms. The van der Waals surface area contributed by atoms with E-state index in [1.54, 1.807) is 0 Å². The number of aromatic carboxylic acids is 1. The highest BCUT2D eigenvalue weighted by molar-refractivity contribution is 5.84. The van der Waals surface area contributed by atoms with Crippen molar-refractivity contribution in [3.63, 3.8) is 0 Å². The van der Waals surface area contributed by atoms with Gasteiger partial charge in [-0.1, -0.05) is 0 Å². The van der Waals surface area contributed by atoms with Gasteiger partial charge in [0.2, 0.25) is 5.76 Å². The van der Waals surface area contributed by atoms with E-state index in [4.69, 9.17) is 15.3 Å². The van der Waals surface area contributed by atoms with Crippen LogP contribution in [-0.4, -0.2) is 45.8 Å². The molecule has 0 amide bonds. The molecule has 0 aromatic carbocycles. The smallest absolute Gasteiger partial charge is 0.371 e. The molecule has 0 radical (unpaired) electrons. The van der Waals surface area contributed by atoms with Gasteiger partial charge in [0.05, 0.1) is 6.42 Å². The summed E-state index contributed by atoms with van der Waals surface area (Å²) in [5.74, 6) is -5.86. The maximum Gasteiger partial charge on any atom is 0.371 e. The average Bonchev–Trinajstić information content (AvgIpc) is 2.81. The topological polar surface area (TPSA) is 154 Å². The molecule has 1 aliphatic rings. The zero-order valence-corrected chi connectivity index (χ0v) is 11.2. The second kappa shape index (κ2) is 5.98. The van der Waals surface area contributed by atoms with Crippen molar-refractivity contribution >= 4 is 17.9 Å². The third-order valence-electron chi connectivity index (χ3n) is 3.64. The molecule has 2 rings (SSSR count). The third kappa shape index (κ3) is 2.98. The van der Waals surface area contributed by atoms with Crippen molar-refractivity contribution in [3.8, 4) is 0 Å². The Kier molecular flexibility index (Phi) is 4.27. The summed E-state index contributed by atoms with van der Waals surface area (Å²) >= 11 is 0. The Labute approximate surface area is 123 Å². The van der Waals surface area contributed by atoms with Gasteiger partial charge in [-0.25, -0.2) is 9.59 Å². The normalized spacial score (nSPS) is 24.1. The molecule has 1 unspecified atom stereocenters. The Morgan fingerprint density at radius 1 is 1.23 bits per heavy atom. The summed E-state index contributed by atoms with van der Waals surface area (Å²) < 4.78 is 4.65. The van der Waals surface area contributed by atoms with Crippen molar-refractivity contribution in [1.29, 1.82) is 0 Å². The Bertz CT molecular complexity index is 679. The van der Waals surface area contributed by atoms with Crippen LogP contribution in [0.3, 0.4) is 0 Å². The first-order chi connectivity index (χ1) is 10.3. The van der Waals surface area contributed by atoms with E-state index in [1.165, 1.54) is 6.07 Å². The number of aliphatic carboxylic acids is 2. The maximum absolute atomic E-state index is 11.9. The molecule has 118 valence electrons. The molecule has 1 aromatic heterocycles. The molecule has 1 aromatic rings. The van der Waals surface area contributed by atoms with Gasteiger partial charge in [0.1, 0.15) is 6.04 Å². The number of nitrogens with one attached hydrogen (secondary N) is 1. The van der Waals surface area contributed by atoms with Gasteiger partial charge in [0.25, 0.3) is 0 Å². The molecule has 22 heavy (non-hydrogen) atoms. The Morgan fingerprint density at radius 2 is 1.91 bits per heavy atom. The van der Waals surface area contributed by atoms with Gasteiger partial charge < -0.3 is 25.1 Å². The molecule has 0 bridgehead atoms. The Morgan fingerprint density at radius 3 is 2.41 bits per heavy atom. The Balaban J connectivity index is 2.38. The van der Waals surface area contributed by atoms with Crippen molar-refractivity contribution in [3.05, 3.63) is 33.9 Å². The molecular weight excluding hydrogens is 298 g/mol. The number of hydrogen-bond acceptors (Lipinski definition) is 6. The molecule has 0 aliphatic carbocycles. The SMILES string of the molecule is O=C(O)C[C@H]1C(c2ccc(C(=O)O)oc2=O)CN[C@@H]1C(=O)O. The highest BCUT2D eigenvalue weighted by atomic mass is 16.4. The number of carboxylic acid groups (broad SMARTS) is 3. The van der Waals surface area contributed by atoms with Crippen LogP contribution >= 0.6 is 0 Å². The van der Waals surface area contributed by atoms with Crippen LogP contribution in [0.25, 0.3) is 0 Å². The first-order valence-corrected chi connectivity index (χ1v) is 6.36. The van der Waals surface area contributed by atoms with E-state index in [0.29, 0.717) is 0 Å². The summed E-state index contributed by atoms with van der Waals surface area (Å²) in [6, 6.07) is 1.23. The molecule has 0 saturated carbocycles. The molecule has 1 saturated heterocycles. The van der Waals surface area contributed by atoms with Gasteiger partial charge in [-0.05, 0) is 12.1 Å². The fourth-order valence-electron chi connectivity index (χ4n) is 2.68. The summed E-state index contributed by atoms with van der Waals surface area (Å²) in [6.07, 6.45) is -0.436. The standard InChI is InChI=1S/C13H13NO8/c15-9(16)3-6-7(4-14-10(6)12(19)20)5-1-2-8(11(17)18)22-13(5)21/h1-2,6-7,10,14H,3-4H2,(H,15,16)(H,17,18)(H,19,20)/t6-,7?,10-/m0/s1. The van der Waals surface area contributed by atoms with Crippen LogP contribution in [-0.2, 0) is 9.59 Å². The van der Waals surface area contributed by atoms with E-state index in [0.717, 1.165) is 6.07 Å². The molecule has 4 N–H and O–H groups in total. The van der Waals surface area contributed by atoms with Gasteiger partial charge in [0, 0.05) is 23.9 Å². The van der Waals surface area contributed by atoms with Gasteiger partial charge in [-0.2, -0.15) is 0 Å². The largest absolute Gasteiger partial charge is 0.481 e. The fourth-order valence-corrected chi connectivity index (χ4v) is 2.68. The van der Waals surface area contributed by atoms with Crippen molar-refractivity contribution in [2.75, 3.05) is 6.54 Å². The molecular formula is C13H13NO8. The maximum atomic E-state index is 11.9. The van der Waals surface area contributed by atoms with Crippen LogP contribution in [0.1, 0.15) is 28.5 Å². The van der Waals surface area contributed by atoms with Crippen molar-refractivity contribution in [1.82, 2.24) is 5.32 Å². The summed E-state index contributed by atoms with van der Waals surface area (Å²) in [4.78, 5) is 44.7. The molecule has 3 atom stereocenters. The van der Waals surface area contributed by atoms with Crippen LogP contribution in [0.4, 0.5) is 0 Å². The number of hydrogen-bond donors (Lipinski definition) is 4. The first kappa shape index (κ1) is 15.7. The lowest BCUT2D eigenvalue weighted by molar-refractivity contribution is -0.142. The first-order valence-electron chi connectivity index (χ1n) is 6.36.